The van der Waals surface area contributed by atoms with Crippen LogP contribution in [0.2, 0.25) is 15.1 Å². The third kappa shape index (κ3) is 15.5. The van der Waals surface area contributed by atoms with Crippen molar-refractivity contribution in [2.45, 2.75) is 15.5 Å². The zero-order valence-corrected chi connectivity index (χ0v) is 39.1. The van der Waals surface area contributed by atoms with Crippen molar-refractivity contribution in [1.29, 1.82) is 10.5 Å². The van der Waals surface area contributed by atoms with E-state index in [2.05, 4.69) is 17.0 Å². The molecule has 7 rings (SSSR count). The van der Waals surface area contributed by atoms with Gasteiger partial charge in [-0.25, -0.2) is 21.7 Å². The topological polar surface area (TPSA) is 191 Å². The van der Waals surface area contributed by atoms with Crippen LogP contribution in [0.4, 0.5) is 17.1 Å². The number of hydrogen-bond donors (Lipinski definition) is 2. The molecule has 0 bridgehead atoms. The first-order valence-corrected chi connectivity index (χ1v) is 23.7. The lowest BCUT2D eigenvalue weighted by Gasteiger charge is -2.12. The van der Waals surface area contributed by atoms with Gasteiger partial charge in [0.1, 0.15) is 11.5 Å². The summed E-state index contributed by atoms with van der Waals surface area (Å²) in [6, 6.07) is 47.4. The van der Waals surface area contributed by atoms with Gasteiger partial charge < -0.3 is 20.9 Å². The van der Waals surface area contributed by atoms with E-state index in [0.717, 1.165) is 34.1 Å². The van der Waals surface area contributed by atoms with Gasteiger partial charge in [-0.3, -0.25) is 0 Å². The van der Waals surface area contributed by atoms with Crippen LogP contribution in [0, 0.1) is 29.2 Å². The predicted molar refractivity (Wildman–Crippen MR) is 260 cm³/mol. The number of nitrogens with two attached hydrogens (primary N) is 2. The van der Waals surface area contributed by atoms with E-state index in [0.29, 0.717) is 33.3 Å². The lowest BCUT2D eigenvalue weighted by atomic mass is 10.0. The van der Waals surface area contributed by atoms with Crippen LogP contribution >= 0.6 is 45.5 Å². The van der Waals surface area contributed by atoms with Gasteiger partial charge in [-0.1, -0.05) is 108 Å². The molecule has 0 aliphatic heterocycles. The van der Waals surface area contributed by atoms with E-state index in [1.807, 2.05) is 84.9 Å². The van der Waals surface area contributed by atoms with E-state index in [1.165, 1.54) is 37.4 Å². The molecule has 330 valence electrons. The predicted octanol–water partition coefficient (Wildman–Crippen LogP) is 12.4. The number of ether oxygens (including phenoxy) is 2. The average Bonchev–Trinajstić information content (AvgIpc) is 3.29. The van der Waals surface area contributed by atoms with Gasteiger partial charge in [-0.2, -0.15) is 10.5 Å². The average molecular weight is 986 g/mol. The fourth-order valence-corrected chi connectivity index (χ4v) is 8.82. The number of nitrogen functional groups attached to an aromatic ring is 2. The Morgan fingerprint density at radius 1 is 0.585 bits per heavy atom. The highest BCUT2D eigenvalue weighted by atomic mass is 35.7. The number of halogens is 4. The minimum Gasteiger partial charge on any atom is -0.496 e. The number of benzene rings is 7. The SMILES string of the molecule is COc1ccc(-c2ccccc2)cc1N.N#Cc1cc(Cl)cc(S(=O)(=O)Cl)c1.N#Cc1cc(N)cc(Cl)c1.[C-]#[N+]c1cc(Cl)cc(S(=O)(=O)Cc2cc(-c3ccccc3)ccc2OC)c1. The van der Waals surface area contributed by atoms with Crippen LogP contribution in [0.25, 0.3) is 27.1 Å². The van der Waals surface area contributed by atoms with Gasteiger partial charge in [0.25, 0.3) is 9.05 Å². The zero-order valence-electron chi connectivity index (χ0n) is 34.4. The highest BCUT2D eigenvalue weighted by Gasteiger charge is 2.20. The van der Waals surface area contributed by atoms with Crippen LogP contribution in [-0.2, 0) is 24.6 Å². The van der Waals surface area contributed by atoms with Gasteiger partial charge in [-0.05, 0) is 101 Å². The summed E-state index contributed by atoms with van der Waals surface area (Å²) in [6.07, 6.45) is 0. The maximum Gasteiger partial charge on any atom is 0.261 e. The first kappa shape index (κ1) is 50.9. The summed E-state index contributed by atoms with van der Waals surface area (Å²) in [5.41, 5.74) is 18.0. The molecule has 0 aliphatic carbocycles. The summed E-state index contributed by atoms with van der Waals surface area (Å²) < 4.78 is 58.0. The molecule has 0 radical (unpaired) electrons. The molecule has 0 amide bonds. The number of rotatable bonds is 8. The fourth-order valence-electron chi connectivity index (χ4n) is 5.77. The number of sulfone groups is 1. The molecule has 0 spiro atoms. The first-order chi connectivity index (χ1) is 30.9. The Morgan fingerprint density at radius 2 is 1.08 bits per heavy atom. The van der Waals surface area contributed by atoms with Gasteiger partial charge in [0, 0.05) is 37.0 Å². The third-order valence-corrected chi connectivity index (χ3v) is 12.4. The molecule has 17 heteroatoms. The second-order valence-electron chi connectivity index (χ2n) is 13.3. The molecule has 65 heavy (non-hydrogen) atoms. The monoisotopic (exact) mass is 983 g/mol. The van der Waals surface area contributed by atoms with E-state index in [-0.39, 0.29) is 36.8 Å². The molecule has 4 N–H and O–H groups in total. The first-order valence-electron chi connectivity index (χ1n) is 18.6. The van der Waals surface area contributed by atoms with Crippen LogP contribution in [0.1, 0.15) is 16.7 Å². The Kier molecular flexibility index (Phi) is 18.6. The fraction of sp³-hybridized carbons (Fsp3) is 0.0625. The van der Waals surface area contributed by atoms with Gasteiger partial charge in [-0.15, -0.1) is 0 Å². The van der Waals surface area contributed by atoms with E-state index in [1.54, 1.807) is 37.4 Å². The van der Waals surface area contributed by atoms with E-state index in [4.69, 9.17) is 83.5 Å². The van der Waals surface area contributed by atoms with Crippen LogP contribution in [-0.4, -0.2) is 31.1 Å². The van der Waals surface area contributed by atoms with Gasteiger partial charge in [0.05, 0.1) is 65.3 Å². The second-order valence-corrected chi connectivity index (χ2v) is 19.2. The van der Waals surface area contributed by atoms with Gasteiger partial charge in [0.2, 0.25) is 0 Å². The number of methoxy groups -OCH3 is 2. The standard InChI is InChI=1S/C21H16ClNO3S.C13H13NO.C7H3Cl2NO2S.C7H5ClN2/c1-23-19-11-18(22)12-20(13-19)27(24,25)14-17-10-16(8-9-21(17)26-2)15-6-4-3-5-7-15;1-15-13-8-7-11(9-12(13)14)10-5-3-2-4-6-10;8-6-1-5(4-10)2-7(3-6)13(9,11)12;8-6-1-5(4-9)2-7(10)3-6/h3-13H,14H2,2H3;2-9H,14H2,1H3;1-3H;1-3H,10H2. The molecule has 11 nitrogen and oxygen atoms in total. The maximum atomic E-state index is 12.9. The van der Waals surface area contributed by atoms with E-state index in [9.17, 15) is 16.8 Å². The van der Waals surface area contributed by atoms with Crippen LogP contribution < -0.4 is 20.9 Å². The molecule has 0 saturated heterocycles. The Balaban J connectivity index is 0.000000206. The minimum absolute atomic E-state index is 0.0215. The largest absolute Gasteiger partial charge is 0.496 e. The van der Waals surface area contributed by atoms with Crippen molar-refractivity contribution in [3.05, 3.63) is 195 Å². The Hall–Kier alpha value is -6.73. The van der Waals surface area contributed by atoms with Crippen LogP contribution in [0.3, 0.4) is 0 Å². The molecule has 0 aliphatic rings. The van der Waals surface area contributed by atoms with Crippen LogP contribution in [0.5, 0.6) is 11.5 Å². The molecule has 0 heterocycles. The Bertz CT molecular complexity index is 3120. The third-order valence-electron chi connectivity index (χ3n) is 8.75. The van der Waals surface area contributed by atoms with Crippen molar-refractivity contribution in [3.63, 3.8) is 0 Å². The highest BCUT2D eigenvalue weighted by molar-refractivity contribution is 8.13. The van der Waals surface area contributed by atoms with Gasteiger partial charge >= 0.3 is 0 Å². The molecule has 0 unspecified atom stereocenters. The van der Waals surface area contributed by atoms with Crippen molar-refractivity contribution < 1.29 is 26.3 Å². The quantitative estimate of drug-likeness (QED) is 0.0841. The molecule has 0 fully saturated rings. The number of nitriles is 2. The Labute approximate surface area is 397 Å². The molecule has 0 saturated carbocycles. The van der Waals surface area contributed by atoms with Crippen molar-refractivity contribution in [2.75, 3.05) is 25.7 Å². The second kappa shape index (κ2) is 23.8. The summed E-state index contributed by atoms with van der Waals surface area (Å²) in [4.78, 5) is 3.13. The summed E-state index contributed by atoms with van der Waals surface area (Å²) in [6.45, 7) is 7.10. The zero-order chi connectivity index (χ0) is 47.7. The lowest BCUT2D eigenvalue weighted by molar-refractivity contribution is 0.411. The number of anilines is 2. The highest BCUT2D eigenvalue weighted by Crippen LogP contribution is 2.32. The van der Waals surface area contributed by atoms with Crippen molar-refractivity contribution in [3.8, 4) is 45.9 Å². The molecular weight excluding hydrogens is 949 g/mol. The normalized spacial score (nSPS) is 10.4. The summed E-state index contributed by atoms with van der Waals surface area (Å²) >= 11 is 17.1. The summed E-state index contributed by atoms with van der Waals surface area (Å²) in [7, 11) is 0.658. The van der Waals surface area contributed by atoms with Gasteiger partial charge in [0.15, 0.2) is 15.5 Å². The molecule has 0 atom stereocenters. The number of hydrogen-bond acceptors (Lipinski definition) is 10. The number of nitrogens with zero attached hydrogens (tertiary/aromatic N) is 3. The van der Waals surface area contributed by atoms with E-state index >= 15 is 0 Å². The Morgan fingerprint density at radius 3 is 1.57 bits per heavy atom. The van der Waals surface area contributed by atoms with Crippen molar-refractivity contribution in [1.82, 2.24) is 0 Å². The maximum absolute atomic E-state index is 12.9. The summed E-state index contributed by atoms with van der Waals surface area (Å²) in [5, 5.41) is 17.8. The van der Waals surface area contributed by atoms with Crippen molar-refractivity contribution in [2.24, 2.45) is 0 Å². The lowest BCUT2D eigenvalue weighted by Crippen LogP contribution is -2.06. The molecular formula is C48H37Cl4N5O6S2. The minimum atomic E-state index is -3.82. The molecule has 0 aromatic heterocycles. The smallest absolute Gasteiger partial charge is 0.261 e. The van der Waals surface area contributed by atoms with Crippen LogP contribution in [0.15, 0.2) is 161 Å². The molecule has 7 aromatic rings. The summed E-state index contributed by atoms with van der Waals surface area (Å²) in [5.74, 6) is 0.953. The van der Waals surface area contributed by atoms with E-state index < -0.39 is 18.9 Å². The molecule has 7 aromatic carbocycles. The van der Waals surface area contributed by atoms with Crippen molar-refractivity contribution >= 4 is 81.4 Å².